The van der Waals surface area contributed by atoms with E-state index in [1.165, 1.54) is 5.56 Å². The van der Waals surface area contributed by atoms with Gasteiger partial charge in [0, 0.05) is 37.6 Å². The van der Waals surface area contributed by atoms with Crippen molar-refractivity contribution >= 4 is 0 Å². The Balaban J connectivity index is 1.39. The van der Waals surface area contributed by atoms with Gasteiger partial charge in [-0.05, 0) is 19.1 Å². The minimum atomic E-state index is -0.527. The van der Waals surface area contributed by atoms with Gasteiger partial charge in [-0.25, -0.2) is 4.98 Å². The lowest BCUT2D eigenvalue weighted by Crippen LogP contribution is -2.33. The summed E-state index contributed by atoms with van der Waals surface area (Å²) < 4.78 is 10.0. The van der Waals surface area contributed by atoms with Gasteiger partial charge in [0.25, 0.3) is 0 Å². The molecule has 0 aliphatic carbocycles. The van der Waals surface area contributed by atoms with Crippen molar-refractivity contribution < 1.29 is 9.84 Å². The Kier molecular flexibility index (Phi) is 5.22. The first kappa shape index (κ1) is 17.8. The van der Waals surface area contributed by atoms with Crippen LogP contribution in [0.5, 0.6) is 5.75 Å². The summed E-state index contributed by atoms with van der Waals surface area (Å²) >= 11 is 0. The molecule has 0 amide bonds. The fourth-order valence-corrected chi connectivity index (χ4v) is 3.38. The Morgan fingerprint density at radius 1 is 1.26 bits per heavy atom. The first-order valence-corrected chi connectivity index (χ1v) is 9.32. The Morgan fingerprint density at radius 2 is 2.15 bits per heavy atom. The molecule has 1 N–H and O–H groups in total. The molecular weight excluding hydrogens is 342 g/mol. The summed E-state index contributed by atoms with van der Waals surface area (Å²) in [7, 11) is 0. The number of aliphatic hydroxyl groups excluding tert-OH is 1. The second-order valence-corrected chi connectivity index (χ2v) is 6.93. The molecule has 0 unspecified atom stereocenters. The van der Waals surface area contributed by atoms with Gasteiger partial charge in [-0.15, -0.1) is 0 Å². The quantitative estimate of drug-likeness (QED) is 0.694. The summed E-state index contributed by atoms with van der Waals surface area (Å²) in [4.78, 5) is 6.44. The van der Waals surface area contributed by atoms with Gasteiger partial charge in [0.05, 0.1) is 36.9 Å². The highest BCUT2D eigenvalue weighted by atomic mass is 16.5. The summed E-state index contributed by atoms with van der Waals surface area (Å²) in [5.41, 5.74) is 3.08. The number of nitrogens with zero attached hydrogens (tertiary/aromatic N) is 5. The van der Waals surface area contributed by atoms with Crippen molar-refractivity contribution in [3.8, 4) is 5.75 Å². The van der Waals surface area contributed by atoms with Crippen molar-refractivity contribution in [3.05, 3.63) is 66.0 Å². The highest BCUT2D eigenvalue weighted by molar-refractivity contribution is 5.33. The zero-order valence-electron chi connectivity index (χ0n) is 15.5. The molecule has 27 heavy (non-hydrogen) atoms. The topological polar surface area (TPSA) is 68.3 Å². The number of para-hydroxylation sites is 1. The van der Waals surface area contributed by atoms with Gasteiger partial charge in [0.1, 0.15) is 12.4 Å². The molecule has 0 spiro atoms. The van der Waals surface area contributed by atoms with Crippen LogP contribution in [0.4, 0.5) is 0 Å². The first-order chi connectivity index (χ1) is 13.2. The average molecular weight is 367 g/mol. The predicted octanol–water partition coefficient (Wildman–Crippen LogP) is 2.23. The molecule has 142 valence electrons. The van der Waals surface area contributed by atoms with Crippen LogP contribution >= 0.6 is 0 Å². The molecule has 7 nitrogen and oxygen atoms in total. The molecule has 1 aliphatic rings. The van der Waals surface area contributed by atoms with E-state index in [2.05, 4.69) is 27.1 Å². The first-order valence-electron chi connectivity index (χ1n) is 9.32. The molecule has 3 heterocycles. The number of rotatable bonds is 7. The lowest BCUT2D eigenvalue weighted by molar-refractivity contribution is 0.188. The van der Waals surface area contributed by atoms with Crippen LogP contribution in [0.3, 0.4) is 0 Å². The van der Waals surface area contributed by atoms with Gasteiger partial charge in [-0.3, -0.25) is 9.58 Å². The number of ether oxygens (including phenoxy) is 1. The summed E-state index contributed by atoms with van der Waals surface area (Å²) in [6.45, 7) is 6.56. The number of imidazole rings is 1. The molecule has 4 rings (SSSR count). The summed E-state index contributed by atoms with van der Waals surface area (Å²) in [5, 5.41) is 14.2. The molecule has 1 aliphatic heterocycles. The van der Waals surface area contributed by atoms with E-state index in [1.54, 1.807) is 19.4 Å². The second-order valence-electron chi connectivity index (χ2n) is 6.93. The van der Waals surface area contributed by atoms with Crippen molar-refractivity contribution in [1.82, 2.24) is 24.2 Å². The van der Waals surface area contributed by atoms with Crippen molar-refractivity contribution in [2.24, 2.45) is 0 Å². The number of aromatic nitrogens is 4. The summed E-state index contributed by atoms with van der Waals surface area (Å²) in [5.74, 6) is 0.932. The van der Waals surface area contributed by atoms with Crippen LogP contribution in [0.2, 0.25) is 0 Å². The fourth-order valence-electron chi connectivity index (χ4n) is 3.38. The standard InChI is InChI=1S/C20H25N5O2/c1-16(26)19-12-18-14-24(8-9-25(18)22-19)13-17-4-2-3-5-20(17)27-11-10-23-7-6-21-15-23/h2-7,12,15-16,26H,8-11,13-14H2,1H3/t16-/m0/s1. The fraction of sp³-hybridized carbons (Fsp3) is 0.400. The largest absolute Gasteiger partial charge is 0.491 e. The normalized spacial score (nSPS) is 15.5. The minimum Gasteiger partial charge on any atom is -0.491 e. The van der Waals surface area contributed by atoms with E-state index in [0.29, 0.717) is 6.61 Å². The van der Waals surface area contributed by atoms with E-state index in [-0.39, 0.29) is 0 Å². The highest BCUT2D eigenvalue weighted by Crippen LogP contribution is 2.23. The van der Waals surface area contributed by atoms with E-state index in [1.807, 2.05) is 33.6 Å². The molecule has 0 bridgehead atoms. The van der Waals surface area contributed by atoms with Gasteiger partial charge in [-0.1, -0.05) is 18.2 Å². The number of hydrogen-bond acceptors (Lipinski definition) is 5. The van der Waals surface area contributed by atoms with E-state index < -0.39 is 6.10 Å². The summed E-state index contributed by atoms with van der Waals surface area (Å²) in [6.07, 6.45) is 4.99. The highest BCUT2D eigenvalue weighted by Gasteiger charge is 2.20. The Bertz CT molecular complexity index is 872. The van der Waals surface area contributed by atoms with Gasteiger partial charge >= 0.3 is 0 Å². The molecule has 3 aromatic rings. The van der Waals surface area contributed by atoms with Crippen LogP contribution in [-0.4, -0.2) is 42.5 Å². The third kappa shape index (κ3) is 4.20. The molecule has 1 atom stereocenters. The van der Waals surface area contributed by atoms with Gasteiger partial charge < -0.3 is 14.4 Å². The molecule has 2 aromatic heterocycles. The number of fused-ring (bicyclic) bond motifs is 1. The molecule has 7 heteroatoms. The third-order valence-corrected chi connectivity index (χ3v) is 4.86. The van der Waals surface area contributed by atoms with Crippen molar-refractivity contribution in [1.29, 1.82) is 0 Å². The summed E-state index contributed by atoms with van der Waals surface area (Å²) in [6, 6.07) is 10.2. The lowest BCUT2D eigenvalue weighted by atomic mass is 10.1. The molecular formula is C20H25N5O2. The maximum absolute atomic E-state index is 9.75. The predicted molar refractivity (Wildman–Crippen MR) is 101 cm³/mol. The lowest BCUT2D eigenvalue weighted by Gasteiger charge is -2.28. The van der Waals surface area contributed by atoms with Crippen molar-refractivity contribution in [3.63, 3.8) is 0 Å². The molecule has 0 radical (unpaired) electrons. The Morgan fingerprint density at radius 3 is 2.96 bits per heavy atom. The van der Waals surface area contributed by atoms with E-state index in [0.717, 1.165) is 49.9 Å². The number of hydrogen-bond donors (Lipinski definition) is 1. The van der Waals surface area contributed by atoms with Crippen molar-refractivity contribution in [2.45, 2.75) is 39.2 Å². The van der Waals surface area contributed by atoms with Gasteiger partial charge in [0.15, 0.2) is 0 Å². The maximum atomic E-state index is 9.75. The second kappa shape index (κ2) is 7.94. The molecule has 0 fully saturated rings. The van der Waals surface area contributed by atoms with Crippen LogP contribution in [0, 0.1) is 0 Å². The Labute approximate surface area is 158 Å². The van der Waals surface area contributed by atoms with E-state index >= 15 is 0 Å². The smallest absolute Gasteiger partial charge is 0.123 e. The maximum Gasteiger partial charge on any atom is 0.123 e. The van der Waals surface area contributed by atoms with E-state index in [9.17, 15) is 5.11 Å². The average Bonchev–Trinajstić information content (AvgIpc) is 3.32. The number of benzene rings is 1. The molecule has 0 saturated carbocycles. The van der Waals surface area contributed by atoms with Crippen LogP contribution in [0.15, 0.2) is 49.1 Å². The molecule has 0 saturated heterocycles. The molecule has 1 aromatic carbocycles. The zero-order valence-corrected chi connectivity index (χ0v) is 15.5. The third-order valence-electron chi connectivity index (χ3n) is 4.86. The van der Waals surface area contributed by atoms with Crippen LogP contribution in [-0.2, 0) is 26.2 Å². The van der Waals surface area contributed by atoms with Gasteiger partial charge in [0.2, 0.25) is 0 Å². The van der Waals surface area contributed by atoms with Crippen LogP contribution < -0.4 is 4.74 Å². The zero-order chi connectivity index (χ0) is 18.6. The monoisotopic (exact) mass is 367 g/mol. The number of aliphatic hydroxyl groups is 1. The van der Waals surface area contributed by atoms with Crippen molar-refractivity contribution in [2.75, 3.05) is 13.2 Å². The SMILES string of the molecule is C[C@H](O)c1cc2n(n1)CCN(Cc1ccccc1OCCn1ccnc1)C2. The van der Waals surface area contributed by atoms with E-state index in [4.69, 9.17) is 4.74 Å². The van der Waals surface area contributed by atoms with Crippen LogP contribution in [0.1, 0.15) is 30.0 Å². The van der Waals surface area contributed by atoms with Crippen LogP contribution in [0.25, 0.3) is 0 Å². The Hall–Kier alpha value is -2.64. The van der Waals surface area contributed by atoms with Gasteiger partial charge in [-0.2, -0.15) is 5.10 Å². The minimum absolute atomic E-state index is 0.527.